The molecule has 4 aliphatic rings. The van der Waals surface area contributed by atoms with E-state index in [-0.39, 0.29) is 67.9 Å². The second kappa shape index (κ2) is 28.0. The molecule has 79 heavy (non-hydrogen) atoms. The van der Waals surface area contributed by atoms with Gasteiger partial charge in [-0.2, -0.15) is 11.8 Å². The summed E-state index contributed by atoms with van der Waals surface area (Å²) in [5.41, 5.74) is 15.9. The van der Waals surface area contributed by atoms with E-state index in [1.807, 2.05) is 61.3 Å². The Morgan fingerprint density at radius 1 is 0.987 bits per heavy atom. The normalized spacial score (nSPS) is 17.3. The molecule has 6 heterocycles. The fourth-order valence-corrected chi connectivity index (χ4v) is 10.9. The maximum absolute atomic E-state index is 12.7. The number of aromatic nitrogens is 2. The molecule has 22 heteroatoms. The van der Waals surface area contributed by atoms with Gasteiger partial charge in [0.15, 0.2) is 11.5 Å². The molecule has 3 aromatic heterocycles. The molecule has 1 aliphatic carbocycles. The molecular weight excluding hydrogens is 1250 g/mol. The number of hydrogen-bond donors (Lipinski definition) is 4. The van der Waals surface area contributed by atoms with Gasteiger partial charge in [-0.15, -0.1) is 20.1 Å². The van der Waals surface area contributed by atoms with Crippen LogP contribution in [-0.4, -0.2) is 118 Å². The second-order valence-electron chi connectivity index (χ2n) is 19.5. The summed E-state index contributed by atoms with van der Waals surface area (Å²) in [4.78, 5) is 71.3. The molecular formula is C57H64ClF2N8O8S2W-. The van der Waals surface area contributed by atoms with Crippen LogP contribution in [0.15, 0.2) is 85.1 Å². The first-order chi connectivity index (χ1) is 37.2. The number of halogens is 3. The van der Waals surface area contributed by atoms with Crippen LogP contribution in [0.3, 0.4) is 0 Å². The number of carbonyl (C=O) groups excluding carboxylic acids is 5. The molecule has 2 unspecified atom stereocenters. The number of nitrogens with one attached hydrogen (secondary N) is 4. The number of thiophene rings is 1. The average molecular weight is 1310 g/mol. The van der Waals surface area contributed by atoms with E-state index in [2.05, 4.69) is 56.2 Å². The summed E-state index contributed by atoms with van der Waals surface area (Å²) in [6, 6.07) is 23.4. The van der Waals surface area contributed by atoms with E-state index in [9.17, 15) is 37.9 Å². The van der Waals surface area contributed by atoms with Gasteiger partial charge in [-0.25, -0.2) is 0 Å². The van der Waals surface area contributed by atoms with Gasteiger partial charge in [0.05, 0.1) is 28.1 Å². The third kappa shape index (κ3) is 16.8. The Hall–Kier alpha value is -5.86. The average Bonchev–Trinajstić information content (AvgIpc) is 3.87. The van der Waals surface area contributed by atoms with Crippen LogP contribution >= 0.6 is 34.7 Å². The van der Waals surface area contributed by atoms with E-state index < -0.39 is 11.9 Å². The van der Waals surface area contributed by atoms with Crippen molar-refractivity contribution in [2.45, 2.75) is 84.8 Å². The van der Waals surface area contributed by atoms with Gasteiger partial charge in [0.2, 0.25) is 23.6 Å². The fourth-order valence-electron chi connectivity index (χ4n) is 8.79. The molecule has 3 fully saturated rings. The van der Waals surface area contributed by atoms with Crippen molar-refractivity contribution >= 4 is 80.6 Å². The number of hydrogen-bond acceptors (Lipinski definition) is 14. The van der Waals surface area contributed by atoms with Gasteiger partial charge >= 0.3 is 6.29 Å². The topological polar surface area (TPSA) is 216 Å². The Balaban J connectivity index is 0.000000174. The minimum absolute atomic E-state index is 0. The summed E-state index contributed by atoms with van der Waals surface area (Å²) in [5, 5.41) is 19.6. The first kappa shape index (κ1) is 62.3. The number of likely N-dealkylation sites (N-methyl/N-ethyl adjacent to an activating group) is 1. The van der Waals surface area contributed by atoms with Gasteiger partial charge in [0.25, 0.3) is 0 Å². The van der Waals surface area contributed by atoms with Crippen LogP contribution in [0.25, 0.3) is 38.3 Å². The Morgan fingerprint density at radius 2 is 1.75 bits per heavy atom. The van der Waals surface area contributed by atoms with Crippen molar-refractivity contribution in [2.75, 3.05) is 51.3 Å². The quantitative estimate of drug-likeness (QED) is 0.0454. The predicted octanol–water partition coefficient (Wildman–Crippen LogP) is 9.93. The molecule has 10 rings (SSSR count). The van der Waals surface area contributed by atoms with E-state index in [0.29, 0.717) is 72.5 Å². The van der Waals surface area contributed by atoms with Crippen LogP contribution in [0.4, 0.5) is 14.6 Å². The van der Waals surface area contributed by atoms with E-state index in [1.165, 1.54) is 34.4 Å². The molecule has 3 aliphatic heterocycles. The molecule has 420 valence electrons. The van der Waals surface area contributed by atoms with E-state index in [1.54, 1.807) is 48.7 Å². The largest absolute Gasteiger partial charge is 0.586 e. The van der Waals surface area contributed by atoms with Crippen molar-refractivity contribution < 1.29 is 68.4 Å². The van der Waals surface area contributed by atoms with Crippen molar-refractivity contribution in [1.82, 2.24) is 35.7 Å². The number of aliphatic hydroxyl groups is 1. The number of pyridine rings is 2. The number of amides is 4. The minimum atomic E-state index is -3.59. The SMILES string of the molecule is CNCCNC(=O)CSCCC(=O)N1CCNC(C)C1.Cc1cc(Cl)cc(-c2ccnc3cc(CN4C(=O)CC(C)C4=O)sc23)c1C.Cc1ccc([NH-])nc1-c1cccc(C=O)c1.OC1(c2ccc3c(c2)OC(F)(F)O3)CC1.[W]. The summed E-state index contributed by atoms with van der Waals surface area (Å²) >= 11 is 9.39. The summed E-state index contributed by atoms with van der Waals surface area (Å²) in [6.45, 7) is 14.1. The molecule has 0 spiro atoms. The Labute approximate surface area is 486 Å². The van der Waals surface area contributed by atoms with Crippen molar-refractivity contribution in [2.24, 2.45) is 5.92 Å². The molecule has 3 aromatic carbocycles. The first-order valence-electron chi connectivity index (χ1n) is 25.5. The van der Waals surface area contributed by atoms with Gasteiger partial charge in [-0.1, -0.05) is 60.7 Å². The smallest absolute Gasteiger partial charge is 0.482 e. The Morgan fingerprint density at radius 3 is 2.44 bits per heavy atom. The van der Waals surface area contributed by atoms with Crippen molar-refractivity contribution in [1.29, 1.82) is 0 Å². The van der Waals surface area contributed by atoms with Crippen LogP contribution in [0.1, 0.15) is 77.0 Å². The number of aryl methyl sites for hydroxylation is 2. The summed E-state index contributed by atoms with van der Waals surface area (Å²) in [6.07, 6.45) is 1.13. The summed E-state index contributed by atoms with van der Waals surface area (Å²) in [5.74, 6) is 1.17. The number of piperazine rings is 1. The zero-order chi connectivity index (χ0) is 56.3. The fraction of sp³-hybridized carbons (Fsp3) is 0.386. The standard InChI is InChI=1S/C21H19ClN2O2S.C13H26N4O2S.C13H11N2O.C10H8F2O3.W/c1-11-6-14(22)8-17(13(11)3)16-4-5-23-18-9-15(27-20(16)18)10-24-19(25)7-12(2)21(24)26;1-11-9-17(7-6-15-11)13(19)3-8-20-10-12(18)16-5-4-14-2;1-9-5-6-12(14)15-13(9)11-4-2-3-10(7-11)8-16;11-10(12)14-7-2-1-6(5-8(7)15-10)9(13)3-4-9;/h4-6,8-9,12H,7,10H2,1-3H3;11,14-15H,3-10H2,1-2H3,(H,16,18);2-8H,1H3,(H-,14,15);1-2,5,13H,3-4H2;/q;;-1;;. The number of carbonyl (C=O) groups is 5. The van der Waals surface area contributed by atoms with Gasteiger partial charge in [0.1, 0.15) is 6.29 Å². The van der Waals surface area contributed by atoms with Crippen LogP contribution in [0, 0.1) is 26.7 Å². The molecule has 6 aromatic rings. The molecule has 1 saturated carbocycles. The maximum Gasteiger partial charge on any atom is 0.586 e. The van der Waals surface area contributed by atoms with E-state index in [0.717, 1.165) is 81.1 Å². The number of ether oxygens (including phenoxy) is 2. The van der Waals surface area contributed by atoms with Crippen molar-refractivity contribution in [3.05, 3.63) is 129 Å². The monoisotopic (exact) mass is 1310 g/mol. The van der Waals surface area contributed by atoms with Gasteiger partial charge < -0.3 is 46.1 Å². The molecule has 0 radical (unpaired) electrons. The summed E-state index contributed by atoms with van der Waals surface area (Å²) in [7, 11) is 1.85. The second-order valence-corrected chi connectivity index (χ2v) is 22.2. The number of likely N-dealkylation sites (tertiary alicyclic amines) is 1. The number of rotatable bonds is 14. The number of nitrogens with zero attached hydrogens (tertiary/aromatic N) is 4. The van der Waals surface area contributed by atoms with Crippen molar-refractivity contribution in [3.63, 3.8) is 0 Å². The zero-order valence-corrected chi connectivity index (χ0v) is 50.1. The predicted molar refractivity (Wildman–Crippen MR) is 301 cm³/mol. The minimum Gasteiger partial charge on any atom is -0.482 e. The van der Waals surface area contributed by atoms with Crippen LogP contribution < -0.4 is 25.4 Å². The molecule has 0 bridgehead atoms. The number of fused-ring (bicyclic) bond motifs is 2. The molecule has 16 nitrogen and oxygen atoms in total. The number of alkyl halides is 2. The zero-order valence-electron chi connectivity index (χ0n) is 44.8. The number of benzene rings is 3. The molecule has 2 saturated heterocycles. The van der Waals surface area contributed by atoms with Crippen LogP contribution in [-0.2, 0) is 52.4 Å². The Bertz CT molecular complexity index is 3170. The summed E-state index contributed by atoms with van der Waals surface area (Å²) < 4.78 is 34.9. The van der Waals surface area contributed by atoms with E-state index in [4.69, 9.17) is 17.3 Å². The first-order valence-corrected chi connectivity index (χ1v) is 27.9. The molecule has 5 N–H and O–H groups in total. The van der Waals surface area contributed by atoms with Crippen LogP contribution in [0.5, 0.6) is 11.5 Å². The number of thioether (sulfide) groups is 1. The van der Waals surface area contributed by atoms with Gasteiger partial charge in [-0.3, -0.25) is 33.9 Å². The molecule has 2 atom stereocenters. The van der Waals surface area contributed by atoms with Gasteiger partial charge in [-0.05, 0) is 129 Å². The van der Waals surface area contributed by atoms with Crippen molar-refractivity contribution in [3.8, 4) is 33.9 Å². The third-order valence-corrected chi connectivity index (χ3v) is 15.7. The van der Waals surface area contributed by atoms with E-state index >= 15 is 0 Å². The number of imide groups is 1. The molecule has 4 amide bonds. The number of aldehydes is 1. The maximum atomic E-state index is 12.7. The van der Waals surface area contributed by atoms with Gasteiger partial charge in [0, 0.05) is 112 Å². The Kier molecular flexibility index (Phi) is 22.1. The van der Waals surface area contributed by atoms with Crippen LogP contribution in [0.2, 0.25) is 5.02 Å². The third-order valence-electron chi connectivity index (χ3n) is 13.3.